The second-order valence-corrected chi connectivity index (χ2v) is 5.27. The first-order valence-electron chi connectivity index (χ1n) is 7.24. The zero-order valence-electron chi connectivity index (χ0n) is 12.8. The summed E-state index contributed by atoms with van der Waals surface area (Å²) < 4.78 is 39.7. The molecule has 0 unspecified atom stereocenters. The van der Waals surface area contributed by atoms with Gasteiger partial charge in [-0.25, -0.2) is 0 Å². The van der Waals surface area contributed by atoms with E-state index in [9.17, 15) is 13.2 Å². The second-order valence-electron chi connectivity index (χ2n) is 5.27. The van der Waals surface area contributed by atoms with Gasteiger partial charge in [0.1, 0.15) is 5.82 Å². The smallest absolute Gasteiger partial charge is 0.396 e. The van der Waals surface area contributed by atoms with Crippen LogP contribution in [0.15, 0.2) is 30.3 Å². The molecule has 0 saturated heterocycles. The van der Waals surface area contributed by atoms with E-state index in [1.54, 1.807) is 11.6 Å². The first-order chi connectivity index (χ1) is 10.9. The Morgan fingerprint density at radius 1 is 1.17 bits per heavy atom. The Bertz CT molecular complexity index is 613. The molecule has 0 saturated carbocycles. The molecule has 0 radical (unpaired) electrons. The normalized spacial score (nSPS) is 12.1. The molecule has 2 rings (SSSR count). The summed E-state index contributed by atoms with van der Waals surface area (Å²) in [7, 11) is 1.73. The standard InChI is InChI=1S/C15H19F3N4O/c1-21-13(10-22(8-5-9-23)11-15(16,17)18)19-20-14(21)12-6-3-2-4-7-12/h2-4,6-7,23H,5,8-11H2,1H3. The van der Waals surface area contributed by atoms with Gasteiger partial charge in [-0.3, -0.25) is 4.90 Å². The van der Waals surface area contributed by atoms with Crippen LogP contribution in [0.25, 0.3) is 11.4 Å². The molecule has 1 N–H and O–H groups in total. The van der Waals surface area contributed by atoms with Gasteiger partial charge < -0.3 is 9.67 Å². The maximum absolute atomic E-state index is 12.7. The fraction of sp³-hybridized carbons (Fsp3) is 0.467. The highest BCUT2D eigenvalue weighted by atomic mass is 19.4. The van der Waals surface area contributed by atoms with E-state index in [1.165, 1.54) is 4.90 Å². The predicted molar refractivity (Wildman–Crippen MR) is 79.5 cm³/mol. The molecule has 1 heterocycles. The summed E-state index contributed by atoms with van der Waals surface area (Å²) in [6.07, 6.45) is -4.02. The van der Waals surface area contributed by atoms with Gasteiger partial charge in [-0.15, -0.1) is 10.2 Å². The van der Waals surface area contributed by atoms with Gasteiger partial charge in [-0.1, -0.05) is 30.3 Å². The van der Waals surface area contributed by atoms with Crippen LogP contribution in [0.5, 0.6) is 0 Å². The van der Waals surface area contributed by atoms with Crippen molar-refractivity contribution in [1.82, 2.24) is 19.7 Å². The van der Waals surface area contributed by atoms with Crippen LogP contribution in [-0.4, -0.2) is 50.6 Å². The van der Waals surface area contributed by atoms with Gasteiger partial charge in [0.15, 0.2) is 5.82 Å². The topological polar surface area (TPSA) is 54.2 Å². The summed E-state index contributed by atoms with van der Waals surface area (Å²) in [4.78, 5) is 1.22. The van der Waals surface area contributed by atoms with E-state index >= 15 is 0 Å². The minimum atomic E-state index is -4.30. The fourth-order valence-corrected chi connectivity index (χ4v) is 2.30. The van der Waals surface area contributed by atoms with E-state index in [0.717, 1.165) is 5.56 Å². The molecule has 8 heteroatoms. The van der Waals surface area contributed by atoms with Crippen LogP contribution < -0.4 is 0 Å². The minimum Gasteiger partial charge on any atom is -0.396 e. The molecule has 0 atom stereocenters. The second kappa shape index (κ2) is 7.56. The van der Waals surface area contributed by atoms with Crippen molar-refractivity contribution in [2.45, 2.75) is 19.1 Å². The molecule has 0 bridgehead atoms. The molecule has 2 aromatic rings. The van der Waals surface area contributed by atoms with Gasteiger partial charge in [0.2, 0.25) is 0 Å². The number of aliphatic hydroxyl groups is 1. The summed E-state index contributed by atoms with van der Waals surface area (Å²) in [6.45, 7) is -1.03. The lowest BCUT2D eigenvalue weighted by Gasteiger charge is -2.22. The first-order valence-corrected chi connectivity index (χ1v) is 7.24. The van der Waals surface area contributed by atoms with Crippen molar-refractivity contribution in [3.63, 3.8) is 0 Å². The number of nitrogens with zero attached hydrogens (tertiary/aromatic N) is 4. The molecule has 0 spiro atoms. The van der Waals surface area contributed by atoms with Crippen LogP contribution in [0.4, 0.5) is 13.2 Å². The Labute approximate surface area is 132 Å². The molecule has 0 aliphatic heterocycles. The van der Waals surface area contributed by atoms with E-state index in [4.69, 9.17) is 5.11 Å². The van der Waals surface area contributed by atoms with Crippen molar-refractivity contribution < 1.29 is 18.3 Å². The molecule has 0 amide bonds. The van der Waals surface area contributed by atoms with Crippen LogP contribution in [0.1, 0.15) is 12.2 Å². The molecule has 0 aliphatic rings. The number of aliphatic hydroxyl groups excluding tert-OH is 1. The van der Waals surface area contributed by atoms with Crippen molar-refractivity contribution in [3.8, 4) is 11.4 Å². The summed E-state index contributed by atoms with van der Waals surface area (Å²) in [5, 5.41) is 16.9. The van der Waals surface area contributed by atoms with Gasteiger partial charge >= 0.3 is 6.18 Å². The monoisotopic (exact) mass is 328 g/mol. The summed E-state index contributed by atoms with van der Waals surface area (Å²) in [5.41, 5.74) is 0.853. The Hall–Kier alpha value is -1.93. The zero-order valence-corrected chi connectivity index (χ0v) is 12.8. The molecular formula is C15H19F3N4O. The minimum absolute atomic E-state index is 0.0237. The maximum Gasteiger partial charge on any atom is 0.401 e. The van der Waals surface area contributed by atoms with Crippen molar-refractivity contribution in [1.29, 1.82) is 0 Å². The first kappa shape index (κ1) is 17.4. The Kier molecular flexibility index (Phi) is 5.73. The number of alkyl halides is 3. The molecule has 1 aromatic carbocycles. The highest BCUT2D eigenvalue weighted by Gasteiger charge is 2.31. The molecule has 1 aromatic heterocycles. The number of aromatic nitrogens is 3. The van der Waals surface area contributed by atoms with E-state index in [1.807, 2.05) is 30.3 Å². The SMILES string of the molecule is Cn1c(CN(CCCO)CC(F)(F)F)nnc1-c1ccccc1. The van der Waals surface area contributed by atoms with Gasteiger partial charge in [-0.2, -0.15) is 13.2 Å². The van der Waals surface area contributed by atoms with E-state index in [0.29, 0.717) is 11.6 Å². The summed E-state index contributed by atoms with van der Waals surface area (Å²) >= 11 is 0. The average Bonchev–Trinajstić information content (AvgIpc) is 2.85. The third-order valence-electron chi connectivity index (χ3n) is 3.40. The van der Waals surface area contributed by atoms with Crippen LogP contribution in [-0.2, 0) is 13.6 Å². The fourth-order valence-electron chi connectivity index (χ4n) is 2.30. The van der Waals surface area contributed by atoms with Crippen molar-refractivity contribution in [2.24, 2.45) is 7.05 Å². The van der Waals surface area contributed by atoms with Gasteiger partial charge in [0, 0.05) is 25.8 Å². The summed E-state index contributed by atoms with van der Waals surface area (Å²) in [6, 6.07) is 9.34. The molecule has 0 fully saturated rings. The third kappa shape index (κ3) is 5.04. The third-order valence-corrected chi connectivity index (χ3v) is 3.40. The van der Waals surface area contributed by atoms with Crippen LogP contribution in [0, 0.1) is 0 Å². The summed E-state index contributed by atoms with van der Waals surface area (Å²) in [5.74, 6) is 1.06. The van der Waals surface area contributed by atoms with Crippen molar-refractivity contribution >= 4 is 0 Å². The van der Waals surface area contributed by atoms with Gasteiger partial charge in [0.25, 0.3) is 0 Å². The number of halogens is 3. The van der Waals surface area contributed by atoms with Crippen molar-refractivity contribution in [2.75, 3.05) is 19.7 Å². The number of rotatable bonds is 7. The molecule has 0 aliphatic carbocycles. The molecule has 5 nitrogen and oxygen atoms in total. The molecular weight excluding hydrogens is 309 g/mol. The van der Waals surface area contributed by atoms with E-state index in [-0.39, 0.29) is 26.1 Å². The lowest BCUT2D eigenvalue weighted by atomic mass is 10.2. The highest BCUT2D eigenvalue weighted by Crippen LogP contribution is 2.20. The number of hydrogen-bond donors (Lipinski definition) is 1. The van der Waals surface area contributed by atoms with Crippen molar-refractivity contribution in [3.05, 3.63) is 36.2 Å². The Morgan fingerprint density at radius 2 is 1.87 bits per heavy atom. The lowest BCUT2D eigenvalue weighted by molar-refractivity contribution is -0.147. The van der Waals surface area contributed by atoms with E-state index < -0.39 is 12.7 Å². The van der Waals surface area contributed by atoms with Crippen LogP contribution in [0.2, 0.25) is 0 Å². The average molecular weight is 328 g/mol. The van der Waals surface area contributed by atoms with Gasteiger partial charge in [0.05, 0.1) is 13.1 Å². The predicted octanol–water partition coefficient (Wildman–Crippen LogP) is 2.23. The lowest BCUT2D eigenvalue weighted by Crippen LogP contribution is -2.35. The van der Waals surface area contributed by atoms with E-state index in [2.05, 4.69) is 10.2 Å². The largest absolute Gasteiger partial charge is 0.401 e. The van der Waals surface area contributed by atoms with Crippen LogP contribution in [0.3, 0.4) is 0 Å². The highest BCUT2D eigenvalue weighted by molar-refractivity contribution is 5.54. The quantitative estimate of drug-likeness (QED) is 0.847. The Balaban J connectivity index is 2.15. The molecule has 126 valence electrons. The van der Waals surface area contributed by atoms with Crippen LogP contribution >= 0.6 is 0 Å². The number of hydrogen-bond acceptors (Lipinski definition) is 4. The zero-order chi connectivity index (χ0) is 16.9. The molecule has 23 heavy (non-hydrogen) atoms. The number of benzene rings is 1. The maximum atomic E-state index is 12.7. The van der Waals surface area contributed by atoms with Gasteiger partial charge in [-0.05, 0) is 6.42 Å². The Morgan fingerprint density at radius 3 is 2.48 bits per heavy atom.